The van der Waals surface area contributed by atoms with E-state index >= 15 is 0 Å². The van der Waals surface area contributed by atoms with Crippen LogP contribution in [0.3, 0.4) is 0 Å². The average molecular weight is 364 g/mol. The summed E-state index contributed by atoms with van der Waals surface area (Å²) in [5.41, 5.74) is 2.46. The number of aromatic nitrogens is 3. The SMILES string of the molecule is Cn1c(N2CC[C@@H](Cc3cccc(F)c3)C2)nc(-c2ccncc2)cc1=O. The molecule has 2 aromatic heterocycles. The van der Waals surface area contributed by atoms with Gasteiger partial charge in [-0.2, -0.15) is 0 Å². The van der Waals surface area contributed by atoms with Crippen molar-refractivity contribution >= 4 is 5.95 Å². The van der Waals surface area contributed by atoms with E-state index in [0.717, 1.165) is 37.1 Å². The second-order valence-electron chi connectivity index (χ2n) is 7.01. The molecule has 0 spiro atoms. The molecule has 5 nitrogen and oxygen atoms in total. The molecule has 3 aromatic rings. The fraction of sp³-hybridized carbons (Fsp3) is 0.286. The maximum atomic E-state index is 13.4. The number of benzene rings is 1. The number of rotatable bonds is 4. The van der Waals surface area contributed by atoms with Gasteiger partial charge in [0.05, 0.1) is 5.69 Å². The molecule has 0 aliphatic carbocycles. The Balaban J connectivity index is 1.57. The summed E-state index contributed by atoms with van der Waals surface area (Å²) in [6.45, 7) is 1.64. The molecular weight excluding hydrogens is 343 g/mol. The molecule has 0 N–H and O–H groups in total. The second kappa shape index (κ2) is 7.31. The van der Waals surface area contributed by atoms with Crippen molar-refractivity contribution in [2.45, 2.75) is 12.8 Å². The van der Waals surface area contributed by atoms with E-state index in [1.165, 1.54) is 6.07 Å². The molecule has 6 heteroatoms. The standard InChI is InChI=1S/C21H21FN4O/c1-25-20(27)13-19(17-5-8-23-9-6-17)24-21(25)26-10-7-16(14-26)11-15-3-2-4-18(22)12-15/h2-6,8-9,12-13,16H,7,10-11,14H2,1H3/t16-/m0/s1. The number of halogens is 1. The predicted molar refractivity (Wildman–Crippen MR) is 103 cm³/mol. The van der Waals surface area contributed by atoms with Gasteiger partial charge in [-0.1, -0.05) is 12.1 Å². The summed E-state index contributed by atoms with van der Waals surface area (Å²) in [5.74, 6) is 0.890. The van der Waals surface area contributed by atoms with E-state index in [0.29, 0.717) is 17.6 Å². The zero-order valence-corrected chi connectivity index (χ0v) is 15.2. The Bertz CT molecular complexity index is 1000. The third-order valence-electron chi connectivity index (χ3n) is 5.07. The zero-order valence-electron chi connectivity index (χ0n) is 15.2. The van der Waals surface area contributed by atoms with Crippen LogP contribution in [0.15, 0.2) is 59.7 Å². The first-order valence-corrected chi connectivity index (χ1v) is 9.08. The van der Waals surface area contributed by atoms with Crippen molar-refractivity contribution in [2.24, 2.45) is 13.0 Å². The second-order valence-corrected chi connectivity index (χ2v) is 7.01. The summed E-state index contributed by atoms with van der Waals surface area (Å²) in [5, 5.41) is 0. The van der Waals surface area contributed by atoms with Gasteiger partial charge in [0.15, 0.2) is 0 Å². The molecule has 1 atom stereocenters. The molecule has 0 amide bonds. The highest BCUT2D eigenvalue weighted by molar-refractivity contribution is 5.59. The third-order valence-corrected chi connectivity index (χ3v) is 5.07. The van der Waals surface area contributed by atoms with Crippen LogP contribution in [0.1, 0.15) is 12.0 Å². The normalized spacial score (nSPS) is 16.7. The first kappa shape index (κ1) is 17.4. The van der Waals surface area contributed by atoms with Crippen LogP contribution in [0.4, 0.5) is 10.3 Å². The molecule has 3 heterocycles. The largest absolute Gasteiger partial charge is 0.342 e. The van der Waals surface area contributed by atoms with Crippen LogP contribution in [0.2, 0.25) is 0 Å². The van der Waals surface area contributed by atoms with Crippen molar-refractivity contribution in [1.29, 1.82) is 0 Å². The fourth-order valence-electron chi connectivity index (χ4n) is 3.66. The highest BCUT2D eigenvalue weighted by Gasteiger charge is 2.26. The van der Waals surface area contributed by atoms with Crippen molar-refractivity contribution in [3.8, 4) is 11.3 Å². The number of hydrogen-bond donors (Lipinski definition) is 0. The quantitative estimate of drug-likeness (QED) is 0.714. The molecule has 1 aliphatic rings. The van der Waals surface area contributed by atoms with Crippen molar-refractivity contribution in [1.82, 2.24) is 14.5 Å². The molecule has 0 radical (unpaired) electrons. The Morgan fingerprint density at radius 1 is 1.19 bits per heavy atom. The lowest BCUT2D eigenvalue weighted by Gasteiger charge is -2.21. The lowest BCUT2D eigenvalue weighted by atomic mass is 9.99. The molecule has 4 rings (SSSR count). The number of hydrogen-bond acceptors (Lipinski definition) is 4. The lowest BCUT2D eigenvalue weighted by Crippen LogP contribution is -2.30. The molecule has 0 bridgehead atoms. The van der Waals surface area contributed by atoms with Crippen LogP contribution < -0.4 is 10.5 Å². The van der Waals surface area contributed by atoms with E-state index < -0.39 is 0 Å². The maximum absolute atomic E-state index is 13.4. The Morgan fingerprint density at radius 2 is 2.00 bits per heavy atom. The summed E-state index contributed by atoms with van der Waals surface area (Å²) < 4.78 is 15.0. The molecular formula is C21H21FN4O. The van der Waals surface area contributed by atoms with E-state index in [-0.39, 0.29) is 11.4 Å². The Labute approximate surface area is 157 Å². The van der Waals surface area contributed by atoms with Gasteiger partial charge in [0, 0.05) is 44.2 Å². The first-order valence-electron chi connectivity index (χ1n) is 9.08. The van der Waals surface area contributed by atoms with Crippen LogP contribution in [0, 0.1) is 11.7 Å². The maximum Gasteiger partial charge on any atom is 0.255 e. The van der Waals surface area contributed by atoms with Gasteiger partial charge in [-0.15, -0.1) is 0 Å². The van der Waals surface area contributed by atoms with Crippen LogP contribution in [-0.2, 0) is 13.5 Å². The minimum atomic E-state index is -0.198. The zero-order chi connectivity index (χ0) is 18.8. The number of pyridine rings is 1. The van der Waals surface area contributed by atoms with E-state index in [2.05, 4.69) is 9.88 Å². The summed E-state index contributed by atoms with van der Waals surface area (Å²) in [4.78, 5) is 23.3. The topological polar surface area (TPSA) is 51.0 Å². The summed E-state index contributed by atoms with van der Waals surface area (Å²) in [7, 11) is 1.75. The number of anilines is 1. The Hall–Kier alpha value is -3.02. The van der Waals surface area contributed by atoms with Crippen LogP contribution in [-0.4, -0.2) is 27.6 Å². The summed E-state index contributed by atoms with van der Waals surface area (Å²) >= 11 is 0. The molecule has 1 aromatic carbocycles. The van der Waals surface area contributed by atoms with Gasteiger partial charge < -0.3 is 4.90 Å². The molecule has 138 valence electrons. The fourth-order valence-corrected chi connectivity index (χ4v) is 3.66. The highest BCUT2D eigenvalue weighted by Crippen LogP contribution is 2.26. The van der Waals surface area contributed by atoms with Gasteiger partial charge in [-0.05, 0) is 48.6 Å². The van der Waals surface area contributed by atoms with Gasteiger partial charge >= 0.3 is 0 Å². The first-order chi connectivity index (χ1) is 13.1. The highest BCUT2D eigenvalue weighted by atomic mass is 19.1. The van der Waals surface area contributed by atoms with Crippen molar-refractivity contribution in [3.63, 3.8) is 0 Å². The van der Waals surface area contributed by atoms with Crippen LogP contribution in [0.5, 0.6) is 0 Å². The average Bonchev–Trinajstić information content (AvgIpc) is 3.13. The molecule has 1 aliphatic heterocycles. The van der Waals surface area contributed by atoms with Gasteiger partial charge in [0.2, 0.25) is 5.95 Å². The molecule has 1 saturated heterocycles. The Morgan fingerprint density at radius 3 is 2.78 bits per heavy atom. The van der Waals surface area contributed by atoms with Crippen LogP contribution in [0.25, 0.3) is 11.3 Å². The minimum Gasteiger partial charge on any atom is -0.342 e. The Kier molecular flexibility index (Phi) is 4.71. The summed E-state index contributed by atoms with van der Waals surface area (Å²) in [6.07, 6.45) is 5.20. The molecule has 0 unspecified atom stereocenters. The predicted octanol–water partition coefficient (Wildman–Crippen LogP) is 3.05. The van der Waals surface area contributed by atoms with E-state index in [9.17, 15) is 9.18 Å². The van der Waals surface area contributed by atoms with E-state index in [1.54, 1.807) is 42.2 Å². The van der Waals surface area contributed by atoms with Gasteiger partial charge in [0.25, 0.3) is 5.56 Å². The lowest BCUT2D eigenvalue weighted by molar-refractivity contribution is 0.577. The van der Waals surface area contributed by atoms with Gasteiger partial charge in [-0.25, -0.2) is 9.37 Å². The summed E-state index contributed by atoms with van der Waals surface area (Å²) in [6, 6.07) is 12.0. The van der Waals surface area contributed by atoms with E-state index in [4.69, 9.17) is 4.98 Å². The molecule has 1 fully saturated rings. The van der Waals surface area contributed by atoms with Gasteiger partial charge in [0.1, 0.15) is 5.82 Å². The monoisotopic (exact) mass is 364 g/mol. The third kappa shape index (κ3) is 3.74. The van der Waals surface area contributed by atoms with Crippen molar-refractivity contribution in [3.05, 3.63) is 76.6 Å². The van der Waals surface area contributed by atoms with E-state index in [1.807, 2.05) is 18.2 Å². The molecule has 27 heavy (non-hydrogen) atoms. The number of nitrogens with zero attached hydrogens (tertiary/aromatic N) is 4. The smallest absolute Gasteiger partial charge is 0.255 e. The van der Waals surface area contributed by atoms with Gasteiger partial charge in [-0.3, -0.25) is 14.3 Å². The molecule has 0 saturated carbocycles. The minimum absolute atomic E-state index is 0.0830. The van der Waals surface area contributed by atoms with Crippen molar-refractivity contribution in [2.75, 3.05) is 18.0 Å². The van der Waals surface area contributed by atoms with Crippen molar-refractivity contribution < 1.29 is 4.39 Å². The van der Waals surface area contributed by atoms with Crippen LogP contribution >= 0.6 is 0 Å².